The SMILES string of the molecule is Cc1cc2sc(C(=O)NC(C)CC(C)C)c(N)c2c(C)n1. The van der Waals surface area contributed by atoms with Crippen molar-refractivity contribution in [2.75, 3.05) is 5.73 Å². The van der Waals surface area contributed by atoms with E-state index in [4.69, 9.17) is 5.73 Å². The lowest BCUT2D eigenvalue weighted by Gasteiger charge is -2.15. The molecular formula is C16H23N3OS. The van der Waals surface area contributed by atoms with Gasteiger partial charge in [0.25, 0.3) is 5.91 Å². The fraction of sp³-hybridized carbons (Fsp3) is 0.500. The van der Waals surface area contributed by atoms with Crippen molar-refractivity contribution in [2.45, 2.75) is 47.1 Å². The number of fused-ring (bicyclic) bond motifs is 1. The predicted octanol–water partition coefficient (Wildman–Crippen LogP) is 3.66. The van der Waals surface area contributed by atoms with E-state index in [2.05, 4.69) is 24.1 Å². The number of carbonyl (C=O) groups is 1. The van der Waals surface area contributed by atoms with Gasteiger partial charge in [0.05, 0.1) is 5.69 Å². The smallest absolute Gasteiger partial charge is 0.263 e. The molecular weight excluding hydrogens is 282 g/mol. The number of hydrogen-bond acceptors (Lipinski definition) is 4. The Bertz CT molecular complexity index is 676. The van der Waals surface area contributed by atoms with Crippen LogP contribution in [-0.2, 0) is 0 Å². The summed E-state index contributed by atoms with van der Waals surface area (Å²) in [6, 6.07) is 2.13. The van der Waals surface area contributed by atoms with E-state index in [1.54, 1.807) is 0 Å². The number of rotatable bonds is 4. The van der Waals surface area contributed by atoms with E-state index in [0.717, 1.165) is 27.9 Å². The first-order valence-corrected chi connectivity index (χ1v) is 8.08. The third kappa shape index (κ3) is 3.35. The van der Waals surface area contributed by atoms with Gasteiger partial charge in [0.1, 0.15) is 4.88 Å². The standard InChI is InChI=1S/C16H23N3OS/c1-8(2)6-9(3)19-16(20)15-14(17)13-11(5)18-10(4)7-12(13)21-15/h7-9H,6,17H2,1-5H3,(H,19,20). The summed E-state index contributed by atoms with van der Waals surface area (Å²) in [7, 11) is 0. The molecule has 3 N–H and O–H groups in total. The van der Waals surface area contributed by atoms with Gasteiger partial charge in [0.15, 0.2) is 0 Å². The van der Waals surface area contributed by atoms with E-state index in [0.29, 0.717) is 16.5 Å². The number of hydrogen-bond donors (Lipinski definition) is 2. The molecule has 0 aliphatic carbocycles. The summed E-state index contributed by atoms with van der Waals surface area (Å²) < 4.78 is 1.03. The Kier molecular flexibility index (Phi) is 4.52. The number of carbonyl (C=O) groups excluding carboxylic acids is 1. The van der Waals surface area contributed by atoms with Crippen molar-refractivity contribution in [3.63, 3.8) is 0 Å². The van der Waals surface area contributed by atoms with Crippen LogP contribution in [0.1, 0.15) is 48.3 Å². The Balaban J connectivity index is 2.32. The van der Waals surface area contributed by atoms with Crippen LogP contribution in [0.3, 0.4) is 0 Å². The van der Waals surface area contributed by atoms with Crippen molar-refractivity contribution in [3.8, 4) is 0 Å². The number of nitrogens with two attached hydrogens (primary N) is 1. The molecule has 0 aromatic carbocycles. The molecule has 4 nitrogen and oxygen atoms in total. The van der Waals surface area contributed by atoms with Gasteiger partial charge in [-0.1, -0.05) is 13.8 Å². The second-order valence-corrected chi connectivity index (χ2v) is 7.12. The molecule has 0 bridgehead atoms. The van der Waals surface area contributed by atoms with Crippen LogP contribution in [0.4, 0.5) is 5.69 Å². The summed E-state index contributed by atoms with van der Waals surface area (Å²) in [6.45, 7) is 10.2. The molecule has 0 saturated carbocycles. The Morgan fingerprint density at radius 3 is 2.67 bits per heavy atom. The highest BCUT2D eigenvalue weighted by atomic mass is 32.1. The minimum Gasteiger partial charge on any atom is -0.397 e. The first kappa shape index (κ1) is 15.8. The van der Waals surface area contributed by atoms with Crippen LogP contribution in [-0.4, -0.2) is 16.9 Å². The second-order valence-electron chi connectivity index (χ2n) is 6.07. The maximum atomic E-state index is 12.4. The Hall–Kier alpha value is -1.62. The van der Waals surface area contributed by atoms with Gasteiger partial charge in [-0.25, -0.2) is 0 Å². The number of thiophene rings is 1. The lowest BCUT2D eigenvalue weighted by molar-refractivity contribution is 0.0941. The van der Waals surface area contributed by atoms with Crippen molar-refractivity contribution in [2.24, 2.45) is 5.92 Å². The molecule has 0 aliphatic heterocycles. The molecule has 1 atom stereocenters. The van der Waals surface area contributed by atoms with Gasteiger partial charge in [-0.2, -0.15) is 0 Å². The molecule has 0 aliphatic rings. The lowest BCUT2D eigenvalue weighted by atomic mass is 10.1. The van der Waals surface area contributed by atoms with Crippen molar-refractivity contribution >= 4 is 33.0 Å². The summed E-state index contributed by atoms with van der Waals surface area (Å²) in [5, 5.41) is 3.94. The minimum atomic E-state index is -0.0843. The number of aryl methyl sites for hydroxylation is 2. The molecule has 1 unspecified atom stereocenters. The predicted molar refractivity (Wildman–Crippen MR) is 89.9 cm³/mol. The zero-order chi connectivity index (χ0) is 15.7. The summed E-state index contributed by atoms with van der Waals surface area (Å²) in [4.78, 5) is 17.4. The Morgan fingerprint density at radius 1 is 1.38 bits per heavy atom. The highest BCUT2D eigenvalue weighted by molar-refractivity contribution is 7.21. The molecule has 2 heterocycles. The maximum Gasteiger partial charge on any atom is 0.263 e. The average molecular weight is 305 g/mol. The Labute approximate surface area is 129 Å². The van der Waals surface area contributed by atoms with Gasteiger partial charge in [-0.05, 0) is 39.2 Å². The summed E-state index contributed by atoms with van der Waals surface area (Å²) in [5.41, 5.74) is 8.56. The highest BCUT2D eigenvalue weighted by Crippen LogP contribution is 2.35. The van der Waals surface area contributed by atoms with Crippen molar-refractivity contribution in [1.29, 1.82) is 0 Å². The van der Waals surface area contributed by atoms with Crippen molar-refractivity contribution < 1.29 is 4.79 Å². The van der Waals surface area contributed by atoms with Gasteiger partial charge < -0.3 is 11.1 Å². The van der Waals surface area contributed by atoms with Crippen LogP contribution < -0.4 is 11.1 Å². The third-order valence-corrected chi connectivity index (χ3v) is 4.58. The topological polar surface area (TPSA) is 68.0 Å². The lowest BCUT2D eigenvalue weighted by Crippen LogP contribution is -2.33. The van der Waals surface area contributed by atoms with Crippen molar-refractivity contribution in [3.05, 3.63) is 22.3 Å². The average Bonchev–Trinajstić information content (AvgIpc) is 2.65. The van der Waals surface area contributed by atoms with Crippen molar-refractivity contribution in [1.82, 2.24) is 10.3 Å². The second kappa shape index (κ2) is 6.02. The van der Waals surface area contributed by atoms with Crippen LogP contribution in [0.5, 0.6) is 0 Å². The molecule has 5 heteroatoms. The first-order valence-electron chi connectivity index (χ1n) is 7.26. The van der Waals surface area contributed by atoms with Crippen LogP contribution in [0, 0.1) is 19.8 Å². The minimum absolute atomic E-state index is 0.0843. The molecule has 2 aromatic rings. The van der Waals surface area contributed by atoms with Gasteiger partial charge in [-0.3, -0.25) is 9.78 Å². The molecule has 0 radical (unpaired) electrons. The largest absolute Gasteiger partial charge is 0.397 e. The number of anilines is 1. The third-order valence-electron chi connectivity index (χ3n) is 3.43. The van der Waals surface area contributed by atoms with Crippen LogP contribution in [0.2, 0.25) is 0 Å². The fourth-order valence-electron chi connectivity index (χ4n) is 2.70. The van der Waals surface area contributed by atoms with Gasteiger partial charge in [0.2, 0.25) is 0 Å². The molecule has 0 fully saturated rings. The molecule has 2 aromatic heterocycles. The number of nitrogen functional groups attached to an aromatic ring is 1. The maximum absolute atomic E-state index is 12.4. The molecule has 2 rings (SSSR count). The normalized spacial score (nSPS) is 12.9. The number of pyridine rings is 1. The number of nitrogens with zero attached hydrogens (tertiary/aromatic N) is 1. The van der Waals surface area contributed by atoms with Crippen LogP contribution in [0.15, 0.2) is 6.07 Å². The number of nitrogens with one attached hydrogen (secondary N) is 1. The molecule has 114 valence electrons. The summed E-state index contributed by atoms with van der Waals surface area (Å²) in [5.74, 6) is 0.466. The highest BCUT2D eigenvalue weighted by Gasteiger charge is 2.20. The van der Waals surface area contributed by atoms with E-state index < -0.39 is 0 Å². The monoisotopic (exact) mass is 305 g/mol. The van der Waals surface area contributed by atoms with E-state index in [-0.39, 0.29) is 11.9 Å². The van der Waals surface area contributed by atoms with Gasteiger partial charge in [-0.15, -0.1) is 11.3 Å². The van der Waals surface area contributed by atoms with E-state index >= 15 is 0 Å². The Morgan fingerprint density at radius 2 is 2.05 bits per heavy atom. The van der Waals surface area contributed by atoms with Crippen LogP contribution in [0.25, 0.3) is 10.1 Å². The van der Waals surface area contributed by atoms with E-state index in [1.165, 1.54) is 11.3 Å². The number of aromatic nitrogens is 1. The van der Waals surface area contributed by atoms with Gasteiger partial charge >= 0.3 is 0 Å². The summed E-state index contributed by atoms with van der Waals surface area (Å²) in [6.07, 6.45) is 0.955. The molecule has 21 heavy (non-hydrogen) atoms. The molecule has 0 spiro atoms. The first-order chi connectivity index (χ1) is 9.79. The summed E-state index contributed by atoms with van der Waals surface area (Å²) >= 11 is 1.44. The number of amides is 1. The quantitative estimate of drug-likeness (QED) is 0.905. The zero-order valence-electron chi connectivity index (χ0n) is 13.3. The molecule has 0 saturated heterocycles. The molecule has 1 amide bonds. The zero-order valence-corrected chi connectivity index (χ0v) is 14.1. The van der Waals surface area contributed by atoms with Crippen LogP contribution >= 0.6 is 11.3 Å². The van der Waals surface area contributed by atoms with E-state index in [1.807, 2.05) is 26.8 Å². The fourth-order valence-corrected chi connectivity index (χ4v) is 3.88. The van der Waals surface area contributed by atoms with E-state index in [9.17, 15) is 4.79 Å². The van der Waals surface area contributed by atoms with Gasteiger partial charge in [0, 0.05) is 27.5 Å².